The molecule has 4 heteroatoms. The van der Waals surface area contributed by atoms with Crippen molar-refractivity contribution in [1.29, 1.82) is 0 Å². The molecule has 0 saturated carbocycles. The van der Waals surface area contributed by atoms with Crippen LogP contribution in [0.25, 0.3) is 0 Å². The van der Waals surface area contributed by atoms with Gasteiger partial charge in [-0.2, -0.15) is 0 Å². The Kier molecular flexibility index (Phi) is 6.67. The molecule has 0 aliphatic carbocycles. The van der Waals surface area contributed by atoms with Crippen LogP contribution in [0.4, 0.5) is 11.4 Å². The number of anilines is 2. The van der Waals surface area contributed by atoms with Crippen LogP contribution < -0.4 is 15.4 Å². The molecule has 0 aromatic heterocycles. The van der Waals surface area contributed by atoms with Gasteiger partial charge in [-0.05, 0) is 44.0 Å². The van der Waals surface area contributed by atoms with Crippen molar-refractivity contribution in [3.05, 3.63) is 54.1 Å². The standard InChI is InChI=1S/C20H26N2O2/c1-4-16-9-5-6-10-17(16)22-20(23)13-14-21-18-11-7-8-12-19(18)24-15(2)3/h5-12,15,21H,4,13-14H2,1-3H3,(H,22,23). The van der Waals surface area contributed by atoms with E-state index in [1.165, 1.54) is 0 Å². The molecule has 0 aliphatic rings. The SMILES string of the molecule is CCc1ccccc1NC(=O)CCNc1ccccc1OC(C)C. The molecule has 0 unspecified atom stereocenters. The van der Waals surface area contributed by atoms with Gasteiger partial charge in [0.25, 0.3) is 0 Å². The van der Waals surface area contributed by atoms with Crippen LogP contribution in [-0.2, 0) is 11.2 Å². The van der Waals surface area contributed by atoms with Crippen LogP contribution in [-0.4, -0.2) is 18.6 Å². The molecule has 0 fully saturated rings. The maximum absolute atomic E-state index is 12.2. The highest BCUT2D eigenvalue weighted by Gasteiger charge is 2.07. The molecule has 0 radical (unpaired) electrons. The molecule has 0 atom stereocenters. The van der Waals surface area contributed by atoms with E-state index in [-0.39, 0.29) is 12.0 Å². The Morgan fingerprint density at radius 3 is 2.42 bits per heavy atom. The van der Waals surface area contributed by atoms with Crippen LogP contribution in [0.15, 0.2) is 48.5 Å². The van der Waals surface area contributed by atoms with Gasteiger partial charge in [0.15, 0.2) is 0 Å². The number of benzene rings is 2. The molecule has 1 amide bonds. The van der Waals surface area contributed by atoms with Gasteiger partial charge in [0.05, 0.1) is 11.8 Å². The molecule has 2 aromatic carbocycles. The first-order chi connectivity index (χ1) is 11.6. The molecule has 2 rings (SSSR count). The number of carbonyl (C=O) groups is 1. The maximum Gasteiger partial charge on any atom is 0.226 e. The maximum atomic E-state index is 12.2. The summed E-state index contributed by atoms with van der Waals surface area (Å²) in [6.07, 6.45) is 1.41. The lowest BCUT2D eigenvalue weighted by atomic mass is 10.1. The molecule has 0 spiro atoms. The summed E-state index contributed by atoms with van der Waals surface area (Å²) in [5, 5.41) is 6.26. The van der Waals surface area contributed by atoms with Crippen molar-refractivity contribution in [3.63, 3.8) is 0 Å². The van der Waals surface area contributed by atoms with Gasteiger partial charge in [-0.15, -0.1) is 0 Å². The predicted octanol–water partition coefficient (Wildman–Crippen LogP) is 4.48. The van der Waals surface area contributed by atoms with E-state index in [1.54, 1.807) is 0 Å². The zero-order valence-corrected chi connectivity index (χ0v) is 14.6. The lowest BCUT2D eigenvalue weighted by Gasteiger charge is -2.15. The van der Waals surface area contributed by atoms with E-state index in [1.807, 2.05) is 62.4 Å². The number of hydrogen-bond donors (Lipinski definition) is 2. The van der Waals surface area contributed by atoms with Gasteiger partial charge in [-0.25, -0.2) is 0 Å². The Balaban J connectivity index is 1.87. The van der Waals surface area contributed by atoms with Gasteiger partial charge in [0.1, 0.15) is 5.75 Å². The van der Waals surface area contributed by atoms with Crippen molar-refractivity contribution >= 4 is 17.3 Å². The Hall–Kier alpha value is -2.49. The third-order valence-electron chi connectivity index (χ3n) is 3.59. The number of amides is 1. The second-order valence-corrected chi connectivity index (χ2v) is 5.90. The second kappa shape index (κ2) is 8.96. The highest BCUT2D eigenvalue weighted by molar-refractivity contribution is 5.91. The summed E-state index contributed by atoms with van der Waals surface area (Å²) >= 11 is 0. The molecule has 0 saturated heterocycles. The highest BCUT2D eigenvalue weighted by atomic mass is 16.5. The van der Waals surface area contributed by atoms with Crippen molar-refractivity contribution in [1.82, 2.24) is 0 Å². The summed E-state index contributed by atoms with van der Waals surface area (Å²) in [6, 6.07) is 15.7. The van der Waals surface area contributed by atoms with Crippen molar-refractivity contribution in [2.24, 2.45) is 0 Å². The number of hydrogen-bond acceptors (Lipinski definition) is 3. The Morgan fingerprint density at radius 2 is 1.71 bits per heavy atom. The van der Waals surface area contributed by atoms with Gasteiger partial charge in [0.2, 0.25) is 5.91 Å². The highest BCUT2D eigenvalue weighted by Crippen LogP contribution is 2.24. The normalized spacial score (nSPS) is 10.5. The zero-order chi connectivity index (χ0) is 17.4. The molecular formula is C20H26N2O2. The Labute approximate surface area is 144 Å². The quantitative estimate of drug-likeness (QED) is 0.752. The minimum atomic E-state index is 0.00524. The molecule has 2 N–H and O–H groups in total. The zero-order valence-electron chi connectivity index (χ0n) is 14.6. The minimum Gasteiger partial charge on any atom is -0.489 e. The molecular weight excluding hydrogens is 300 g/mol. The average Bonchev–Trinajstić information content (AvgIpc) is 2.56. The molecule has 128 valence electrons. The first-order valence-electron chi connectivity index (χ1n) is 8.47. The van der Waals surface area contributed by atoms with Gasteiger partial charge in [-0.1, -0.05) is 37.3 Å². The summed E-state index contributed by atoms with van der Waals surface area (Å²) in [7, 11) is 0. The number of nitrogens with one attached hydrogen (secondary N) is 2. The summed E-state index contributed by atoms with van der Waals surface area (Å²) in [5.41, 5.74) is 2.95. The van der Waals surface area contributed by atoms with Crippen LogP contribution in [0.5, 0.6) is 5.75 Å². The Morgan fingerprint density at radius 1 is 1.04 bits per heavy atom. The van der Waals surface area contributed by atoms with Crippen LogP contribution in [0.2, 0.25) is 0 Å². The monoisotopic (exact) mass is 326 g/mol. The number of rotatable bonds is 8. The number of ether oxygens (including phenoxy) is 1. The molecule has 0 aliphatic heterocycles. The van der Waals surface area contributed by atoms with Crippen molar-refractivity contribution in [2.75, 3.05) is 17.2 Å². The average molecular weight is 326 g/mol. The third kappa shape index (κ3) is 5.30. The van der Waals surface area contributed by atoms with Crippen LogP contribution in [0, 0.1) is 0 Å². The van der Waals surface area contributed by atoms with Gasteiger partial charge >= 0.3 is 0 Å². The number of aryl methyl sites for hydroxylation is 1. The van der Waals surface area contributed by atoms with E-state index in [2.05, 4.69) is 17.6 Å². The molecule has 0 heterocycles. The van der Waals surface area contributed by atoms with Gasteiger partial charge in [-0.3, -0.25) is 4.79 Å². The smallest absolute Gasteiger partial charge is 0.226 e. The number of para-hydroxylation sites is 3. The predicted molar refractivity (Wildman–Crippen MR) is 99.8 cm³/mol. The lowest BCUT2D eigenvalue weighted by Crippen LogP contribution is -2.17. The second-order valence-electron chi connectivity index (χ2n) is 5.90. The number of carbonyl (C=O) groups excluding carboxylic acids is 1. The van der Waals surface area contributed by atoms with E-state index in [9.17, 15) is 4.79 Å². The molecule has 24 heavy (non-hydrogen) atoms. The van der Waals surface area contributed by atoms with E-state index in [0.29, 0.717) is 13.0 Å². The van der Waals surface area contributed by atoms with E-state index < -0.39 is 0 Å². The summed E-state index contributed by atoms with van der Waals surface area (Å²) < 4.78 is 5.77. The first kappa shape index (κ1) is 17.9. The van der Waals surface area contributed by atoms with E-state index in [0.717, 1.165) is 29.1 Å². The van der Waals surface area contributed by atoms with Crippen molar-refractivity contribution < 1.29 is 9.53 Å². The molecule has 0 bridgehead atoms. The van der Waals surface area contributed by atoms with E-state index in [4.69, 9.17) is 4.74 Å². The van der Waals surface area contributed by atoms with Crippen LogP contribution >= 0.6 is 0 Å². The van der Waals surface area contributed by atoms with Crippen molar-refractivity contribution in [2.45, 2.75) is 39.7 Å². The lowest BCUT2D eigenvalue weighted by molar-refractivity contribution is -0.115. The van der Waals surface area contributed by atoms with E-state index >= 15 is 0 Å². The summed E-state index contributed by atoms with van der Waals surface area (Å²) in [6.45, 7) is 6.63. The fourth-order valence-corrected chi connectivity index (χ4v) is 2.44. The summed E-state index contributed by atoms with van der Waals surface area (Å²) in [5.74, 6) is 0.815. The van der Waals surface area contributed by atoms with Crippen molar-refractivity contribution in [3.8, 4) is 5.75 Å². The topological polar surface area (TPSA) is 50.4 Å². The van der Waals surface area contributed by atoms with Gasteiger partial charge in [0, 0.05) is 18.7 Å². The largest absolute Gasteiger partial charge is 0.489 e. The fourth-order valence-electron chi connectivity index (χ4n) is 2.44. The van der Waals surface area contributed by atoms with Crippen LogP contribution in [0.1, 0.15) is 32.8 Å². The third-order valence-corrected chi connectivity index (χ3v) is 3.59. The minimum absolute atomic E-state index is 0.00524. The fraction of sp³-hybridized carbons (Fsp3) is 0.350. The molecule has 2 aromatic rings. The van der Waals surface area contributed by atoms with Crippen LogP contribution in [0.3, 0.4) is 0 Å². The first-order valence-corrected chi connectivity index (χ1v) is 8.47. The molecule has 4 nitrogen and oxygen atoms in total. The summed E-state index contributed by atoms with van der Waals surface area (Å²) in [4.78, 5) is 12.2. The Bertz CT molecular complexity index is 668. The van der Waals surface area contributed by atoms with Gasteiger partial charge < -0.3 is 15.4 Å².